The number of halogens is 1. The van der Waals surface area contributed by atoms with Gasteiger partial charge in [0, 0.05) is 41.8 Å². The van der Waals surface area contributed by atoms with Crippen LogP contribution in [0.5, 0.6) is 11.5 Å². The van der Waals surface area contributed by atoms with Crippen molar-refractivity contribution in [1.29, 1.82) is 0 Å². The van der Waals surface area contributed by atoms with Gasteiger partial charge in [0.2, 0.25) is 5.91 Å². The number of thiazole rings is 1. The second-order valence-corrected chi connectivity index (χ2v) is 10.6. The van der Waals surface area contributed by atoms with Crippen LogP contribution in [-0.4, -0.2) is 55.2 Å². The van der Waals surface area contributed by atoms with E-state index in [0.717, 1.165) is 75.3 Å². The zero-order chi connectivity index (χ0) is 23.8. The molecule has 3 aromatic carbocycles. The summed E-state index contributed by atoms with van der Waals surface area (Å²) in [7, 11) is 0. The summed E-state index contributed by atoms with van der Waals surface area (Å²) in [6.45, 7) is 4.52. The smallest absolute Gasteiger partial charge is 0.241 e. The molecule has 0 bridgehead atoms. The maximum Gasteiger partial charge on any atom is 0.241 e. The second kappa shape index (κ2) is 9.70. The number of fused-ring (bicyclic) bond motifs is 3. The van der Waals surface area contributed by atoms with Gasteiger partial charge in [-0.2, -0.15) is 0 Å². The molecule has 178 valence electrons. The van der Waals surface area contributed by atoms with Crippen molar-refractivity contribution in [2.45, 2.75) is 5.92 Å². The molecule has 2 aliphatic rings. The maximum absolute atomic E-state index is 14.4. The number of para-hydroxylation sites is 2. The molecule has 2 aliphatic heterocycles. The zero-order valence-electron chi connectivity index (χ0n) is 19.0. The summed E-state index contributed by atoms with van der Waals surface area (Å²) in [6.07, 6.45) is 0. The number of ether oxygens (including phenoxy) is 2. The van der Waals surface area contributed by atoms with Crippen molar-refractivity contribution in [3.63, 3.8) is 0 Å². The van der Waals surface area contributed by atoms with Crippen molar-refractivity contribution >= 4 is 48.5 Å². The number of hydrogen-bond acceptors (Lipinski definition) is 6. The van der Waals surface area contributed by atoms with Crippen LogP contribution >= 0.6 is 27.3 Å². The van der Waals surface area contributed by atoms with Gasteiger partial charge in [0.05, 0.1) is 29.3 Å². The quantitative estimate of drug-likeness (QED) is 0.321. The van der Waals surface area contributed by atoms with Crippen molar-refractivity contribution < 1.29 is 14.3 Å². The minimum atomic E-state index is -0.459. The third-order valence-corrected chi connectivity index (χ3v) is 8.04. The van der Waals surface area contributed by atoms with Crippen LogP contribution < -0.4 is 9.64 Å². The fourth-order valence-electron chi connectivity index (χ4n) is 4.70. The van der Waals surface area contributed by atoms with Gasteiger partial charge in [-0.05, 0) is 30.3 Å². The lowest BCUT2D eigenvalue weighted by Gasteiger charge is -2.33. The van der Waals surface area contributed by atoms with Crippen molar-refractivity contribution in [3.05, 3.63) is 82.3 Å². The molecule has 0 atom stereocenters. The van der Waals surface area contributed by atoms with Gasteiger partial charge >= 0.3 is 0 Å². The Kier molecular flexibility index (Phi) is 6.28. The SMILES string of the molecule is O=C(C1c2ccccc2Oc2ccccc21)N(CCN1CCOCC1)c1nc2ccc(Br)cc2s1. The Bertz CT molecular complexity index is 1340. The van der Waals surface area contributed by atoms with E-state index < -0.39 is 5.92 Å². The number of carbonyl (C=O) groups is 1. The van der Waals surface area contributed by atoms with Gasteiger partial charge < -0.3 is 9.47 Å². The molecule has 6 rings (SSSR count). The monoisotopic (exact) mass is 549 g/mol. The first-order valence-corrected chi connectivity index (χ1v) is 13.3. The highest BCUT2D eigenvalue weighted by molar-refractivity contribution is 9.10. The first kappa shape index (κ1) is 22.7. The number of anilines is 1. The van der Waals surface area contributed by atoms with Crippen molar-refractivity contribution in [2.24, 2.45) is 0 Å². The number of rotatable bonds is 5. The van der Waals surface area contributed by atoms with Gasteiger partial charge in [-0.25, -0.2) is 4.98 Å². The Morgan fingerprint density at radius 1 is 1.03 bits per heavy atom. The molecular weight excluding hydrogens is 526 g/mol. The molecule has 0 aliphatic carbocycles. The lowest BCUT2D eigenvalue weighted by molar-refractivity contribution is -0.119. The predicted octanol–water partition coefficient (Wildman–Crippen LogP) is 5.66. The number of hydrogen-bond donors (Lipinski definition) is 0. The van der Waals surface area contributed by atoms with Crippen LogP contribution in [0, 0.1) is 0 Å². The van der Waals surface area contributed by atoms with E-state index in [2.05, 4.69) is 26.9 Å². The van der Waals surface area contributed by atoms with E-state index in [1.54, 1.807) is 11.3 Å². The summed E-state index contributed by atoms with van der Waals surface area (Å²) >= 11 is 5.11. The van der Waals surface area contributed by atoms with Crippen molar-refractivity contribution in [2.75, 3.05) is 44.3 Å². The Labute approximate surface area is 216 Å². The molecule has 1 amide bonds. The van der Waals surface area contributed by atoms with Crippen LogP contribution in [0.15, 0.2) is 71.2 Å². The highest BCUT2D eigenvalue weighted by atomic mass is 79.9. The van der Waals surface area contributed by atoms with E-state index in [4.69, 9.17) is 14.5 Å². The molecule has 0 saturated carbocycles. The molecule has 4 aromatic rings. The zero-order valence-corrected chi connectivity index (χ0v) is 21.4. The highest BCUT2D eigenvalue weighted by Crippen LogP contribution is 2.45. The van der Waals surface area contributed by atoms with Gasteiger partial charge in [0.1, 0.15) is 11.5 Å². The minimum absolute atomic E-state index is 0.0135. The third-order valence-electron chi connectivity index (χ3n) is 6.51. The minimum Gasteiger partial charge on any atom is -0.457 e. The van der Waals surface area contributed by atoms with E-state index in [9.17, 15) is 4.79 Å². The number of aromatic nitrogens is 1. The van der Waals surface area contributed by atoms with Gasteiger partial charge in [0.25, 0.3) is 0 Å². The van der Waals surface area contributed by atoms with Gasteiger partial charge in [-0.3, -0.25) is 14.6 Å². The standard InChI is InChI=1S/C27H24BrN3O3S/c28-18-9-10-21-24(17-18)35-27(29-21)31(12-11-30-13-15-33-16-14-30)26(32)25-19-5-1-3-7-22(19)34-23-8-4-2-6-20(23)25/h1-10,17,25H,11-16H2. The van der Waals surface area contributed by atoms with E-state index in [1.165, 1.54) is 0 Å². The summed E-state index contributed by atoms with van der Waals surface area (Å²) in [5.41, 5.74) is 2.66. The van der Waals surface area contributed by atoms with Gasteiger partial charge in [-0.15, -0.1) is 0 Å². The Balaban J connectivity index is 1.41. The Hall–Kier alpha value is -2.78. The number of amides is 1. The van der Waals surface area contributed by atoms with Crippen LogP contribution in [-0.2, 0) is 9.53 Å². The first-order valence-electron chi connectivity index (χ1n) is 11.7. The molecule has 0 N–H and O–H groups in total. The maximum atomic E-state index is 14.4. The molecule has 35 heavy (non-hydrogen) atoms. The molecule has 3 heterocycles. The van der Waals surface area contributed by atoms with Gasteiger partial charge in [0.15, 0.2) is 5.13 Å². The molecule has 0 spiro atoms. The van der Waals surface area contributed by atoms with Crippen molar-refractivity contribution in [1.82, 2.24) is 9.88 Å². The molecule has 1 saturated heterocycles. The molecule has 0 radical (unpaired) electrons. The topological polar surface area (TPSA) is 54.9 Å². The molecule has 8 heteroatoms. The van der Waals surface area contributed by atoms with E-state index in [1.807, 2.05) is 65.6 Å². The summed E-state index contributed by atoms with van der Waals surface area (Å²) < 4.78 is 13.7. The van der Waals surface area contributed by atoms with Crippen LogP contribution in [0.25, 0.3) is 10.2 Å². The third kappa shape index (κ3) is 4.47. The summed E-state index contributed by atoms with van der Waals surface area (Å²) in [5.74, 6) is 1.01. The average Bonchev–Trinajstić information content (AvgIpc) is 3.30. The average molecular weight is 550 g/mol. The van der Waals surface area contributed by atoms with Crippen LogP contribution in [0.4, 0.5) is 5.13 Å². The number of morpholine rings is 1. The van der Waals surface area contributed by atoms with E-state index in [-0.39, 0.29) is 5.91 Å². The van der Waals surface area contributed by atoms with Gasteiger partial charge in [-0.1, -0.05) is 63.7 Å². The fourth-order valence-corrected chi connectivity index (χ4v) is 6.25. The predicted molar refractivity (Wildman–Crippen MR) is 142 cm³/mol. The number of benzene rings is 3. The molecular formula is C27H24BrN3O3S. The normalized spacial score (nSPS) is 15.9. The lowest BCUT2D eigenvalue weighted by atomic mass is 9.87. The molecule has 1 aromatic heterocycles. The molecule has 0 unspecified atom stereocenters. The van der Waals surface area contributed by atoms with E-state index in [0.29, 0.717) is 6.54 Å². The highest BCUT2D eigenvalue weighted by Gasteiger charge is 2.36. The molecule has 6 nitrogen and oxygen atoms in total. The van der Waals surface area contributed by atoms with Crippen molar-refractivity contribution in [3.8, 4) is 11.5 Å². The van der Waals surface area contributed by atoms with E-state index >= 15 is 0 Å². The van der Waals surface area contributed by atoms with Crippen LogP contribution in [0.1, 0.15) is 17.0 Å². The number of carbonyl (C=O) groups excluding carboxylic acids is 1. The summed E-state index contributed by atoms with van der Waals surface area (Å²) in [4.78, 5) is 23.5. The van der Waals surface area contributed by atoms with Crippen LogP contribution in [0.3, 0.4) is 0 Å². The Morgan fingerprint density at radius 2 is 1.71 bits per heavy atom. The fraction of sp³-hybridized carbons (Fsp3) is 0.259. The first-order chi connectivity index (χ1) is 17.2. The summed E-state index contributed by atoms with van der Waals surface area (Å²) in [5, 5.41) is 0.720. The Morgan fingerprint density at radius 3 is 2.43 bits per heavy atom. The summed E-state index contributed by atoms with van der Waals surface area (Å²) in [6, 6.07) is 21.7. The lowest BCUT2D eigenvalue weighted by Crippen LogP contribution is -2.44. The molecule has 1 fully saturated rings. The van der Waals surface area contributed by atoms with Crippen LogP contribution in [0.2, 0.25) is 0 Å². The second-order valence-electron chi connectivity index (χ2n) is 8.66. The number of nitrogens with zero attached hydrogens (tertiary/aromatic N) is 3. The largest absolute Gasteiger partial charge is 0.457 e.